The van der Waals surface area contributed by atoms with Crippen LogP contribution >= 0.6 is 11.8 Å². The van der Waals surface area contributed by atoms with Crippen LogP contribution in [0.4, 0.5) is 11.4 Å². The molecule has 0 aliphatic rings. The Morgan fingerprint density at radius 2 is 2.20 bits per heavy atom. The molecule has 20 heavy (non-hydrogen) atoms. The van der Waals surface area contributed by atoms with Gasteiger partial charge in [-0.1, -0.05) is 11.8 Å². The van der Waals surface area contributed by atoms with Gasteiger partial charge >= 0.3 is 0 Å². The van der Waals surface area contributed by atoms with E-state index in [0.29, 0.717) is 22.3 Å². The van der Waals surface area contributed by atoms with E-state index in [9.17, 15) is 8.42 Å². The molecule has 0 heterocycles. The van der Waals surface area contributed by atoms with Crippen LogP contribution < -0.4 is 14.8 Å². The molecule has 0 bridgehead atoms. The number of aliphatic imine (C=N–C) groups is 1. The average molecular weight is 314 g/mol. The van der Waals surface area contributed by atoms with E-state index in [1.54, 1.807) is 30.6 Å². The van der Waals surface area contributed by atoms with E-state index >= 15 is 0 Å². The number of methoxy groups -OCH3 is 1. The van der Waals surface area contributed by atoms with Crippen LogP contribution in [-0.4, -0.2) is 33.2 Å². The molecule has 0 aliphatic heterocycles. The highest BCUT2D eigenvalue weighted by molar-refractivity contribution is 8.13. The third-order valence-electron chi connectivity index (χ3n) is 2.07. The summed E-state index contributed by atoms with van der Waals surface area (Å²) in [6.07, 6.45) is 4.62. The van der Waals surface area contributed by atoms with Gasteiger partial charge in [-0.05, 0) is 18.4 Å². The van der Waals surface area contributed by atoms with Crippen LogP contribution in [0.5, 0.6) is 5.75 Å². The van der Waals surface area contributed by atoms with Gasteiger partial charge in [-0.25, -0.2) is 13.4 Å². The van der Waals surface area contributed by atoms with E-state index in [2.05, 4.69) is 15.0 Å². The number of benzene rings is 1. The third kappa shape index (κ3) is 4.99. The summed E-state index contributed by atoms with van der Waals surface area (Å²) in [4.78, 5) is 4.20. The lowest BCUT2D eigenvalue weighted by Crippen LogP contribution is -2.12. The summed E-state index contributed by atoms with van der Waals surface area (Å²) in [5.74, 6) is 0.342. The average Bonchev–Trinajstić information content (AvgIpc) is 2.38. The minimum absolute atomic E-state index is 0.327. The maximum Gasteiger partial charge on any atom is 0.229 e. The first-order valence-electron chi connectivity index (χ1n) is 5.33. The van der Waals surface area contributed by atoms with Gasteiger partial charge in [0.05, 0.1) is 24.7 Å². The van der Waals surface area contributed by atoms with Crippen molar-refractivity contribution in [1.82, 2.24) is 5.32 Å². The lowest BCUT2D eigenvalue weighted by molar-refractivity contribution is 0.417. The first-order valence-corrected chi connectivity index (χ1v) is 8.45. The summed E-state index contributed by atoms with van der Waals surface area (Å²) in [5.41, 5.74) is 0.862. The van der Waals surface area contributed by atoms with Crippen molar-refractivity contribution >= 4 is 38.3 Å². The minimum Gasteiger partial charge on any atom is -0.494 e. The molecule has 1 aromatic carbocycles. The number of nitrogens with one attached hydrogen (secondary N) is 2. The molecule has 1 rings (SSSR count). The fraction of sp³-hybridized carbons (Fsp3) is 0.273. The van der Waals surface area contributed by atoms with Gasteiger partial charge in [0.25, 0.3) is 0 Å². The molecule has 7 nitrogen and oxygen atoms in total. The molecule has 1 aromatic rings. The number of nitriles is 1. The number of thioether (sulfide) groups is 1. The maximum atomic E-state index is 11.2. The molecule has 9 heteroatoms. The van der Waals surface area contributed by atoms with E-state index in [-0.39, 0.29) is 0 Å². The number of hydrogen-bond donors (Lipinski definition) is 2. The molecule has 0 fully saturated rings. The third-order valence-corrected chi connectivity index (χ3v) is 3.24. The Hall–Kier alpha value is -1.92. The van der Waals surface area contributed by atoms with E-state index in [1.165, 1.54) is 18.9 Å². The lowest BCUT2D eigenvalue weighted by atomic mass is 10.2. The van der Waals surface area contributed by atoms with Crippen LogP contribution in [0.15, 0.2) is 23.2 Å². The lowest BCUT2D eigenvalue weighted by Gasteiger charge is -2.10. The zero-order valence-corrected chi connectivity index (χ0v) is 12.8. The van der Waals surface area contributed by atoms with Crippen molar-refractivity contribution in [3.8, 4) is 11.9 Å². The maximum absolute atomic E-state index is 11.2. The van der Waals surface area contributed by atoms with Crippen LogP contribution in [0.25, 0.3) is 0 Å². The number of nitrogens with zero attached hydrogens (tertiary/aromatic N) is 2. The number of rotatable bonds is 4. The second kappa shape index (κ2) is 7.02. The molecule has 108 valence electrons. The SMILES string of the molecule is COc1cc(N=C(NC#N)SC)ccc1NS(C)(=O)=O. The minimum atomic E-state index is -3.38. The molecule has 0 radical (unpaired) electrons. The molecule has 0 unspecified atom stereocenters. The molecule has 0 spiro atoms. The van der Waals surface area contributed by atoms with Crippen LogP contribution in [0.1, 0.15) is 0 Å². The Labute approximate surface area is 122 Å². The van der Waals surface area contributed by atoms with Gasteiger partial charge < -0.3 is 4.74 Å². The topological polar surface area (TPSA) is 104 Å². The van der Waals surface area contributed by atoms with Gasteiger partial charge in [0.2, 0.25) is 10.0 Å². The molecule has 2 N–H and O–H groups in total. The number of ether oxygens (including phenoxy) is 1. The van der Waals surface area contributed by atoms with Crippen LogP contribution in [0.3, 0.4) is 0 Å². The molecule has 0 atom stereocenters. The van der Waals surface area contributed by atoms with Crippen LogP contribution in [0, 0.1) is 11.5 Å². The van der Waals surface area contributed by atoms with Crippen LogP contribution in [0.2, 0.25) is 0 Å². The van der Waals surface area contributed by atoms with E-state index in [0.717, 1.165) is 6.26 Å². The molecular weight excluding hydrogens is 300 g/mol. The normalized spacial score (nSPS) is 11.6. The highest BCUT2D eigenvalue weighted by Crippen LogP contribution is 2.30. The predicted molar refractivity (Wildman–Crippen MR) is 80.8 cm³/mol. The number of anilines is 1. The fourth-order valence-corrected chi connectivity index (χ4v) is 2.24. The van der Waals surface area contributed by atoms with E-state index < -0.39 is 10.0 Å². The van der Waals surface area contributed by atoms with Crippen molar-refractivity contribution in [3.63, 3.8) is 0 Å². The number of amidine groups is 1. The molecular formula is C11H14N4O3S2. The van der Waals surface area contributed by atoms with E-state index in [4.69, 9.17) is 10.00 Å². The van der Waals surface area contributed by atoms with Crippen molar-refractivity contribution in [3.05, 3.63) is 18.2 Å². The highest BCUT2D eigenvalue weighted by Gasteiger charge is 2.09. The molecule has 0 saturated heterocycles. The molecule has 0 amide bonds. The Bertz CT molecular complexity index is 650. The zero-order chi connectivity index (χ0) is 15.2. The van der Waals surface area contributed by atoms with Crippen molar-refractivity contribution < 1.29 is 13.2 Å². The largest absolute Gasteiger partial charge is 0.494 e. The molecule has 0 saturated carbocycles. The summed E-state index contributed by atoms with van der Waals surface area (Å²) in [6, 6.07) is 4.73. The second-order valence-corrected chi connectivity index (χ2v) is 6.16. The van der Waals surface area contributed by atoms with Gasteiger partial charge in [-0.15, -0.1) is 0 Å². The fourth-order valence-electron chi connectivity index (χ4n) is 1.32. The first-order chi connectivity index (χ1) is 9.39. The number of sulfonamides is 1. The van der Waals surface area contributed by atoms with Crippen molar-refractivity contribution in [2.75, 3.05) is 24.3 Å². The molecule has 0 aliphatic carbocycles. The summed E-state index contributed by atoms with van der Waals surface area (Å²) >= 11 is 1.28. The second-order valence-electron chi connectivity index (χ2n) is 3.62. The van der Waals surface area contributed by atoms with Gasteiger partial charge in [0, 0.05) is 6.07 Å². The van der Waals surface area contributed by atoms with Gasteiger partial charge in [-0.2, -0.15) is 5.26 Å². The molecule has 0 aromatic heterocycles. The van der Waals surface area contributed by atoms with Gasteiger partial charge in [0.15, 0.2) is 11.4 Å². The summed E-state index contributed by atoms with van der Waals surface area (Å²) in [6.45, 7) is 0. The Balaban J connectivity index is 3.13. The monoisotopic (exact) mass is 314 g/mol. The Morgan fingerprint density at radius 3 is 2.70 bits per heavy atom. The predicted octanol–water partition coefficient (Wildman–Crippen LogP) is 1.49. The summed E-state index contributed by atoms with van der Waals surface area (Å²) < 4.78 is 29.9. The quantitative estimate of drug-likeness (QED) is 0.378. The summed E-state index contributed by atoms with van der Waals surface area (Å²) in [7, 11) is -1.95. The van der Waals surface area contributed by atoms with Crippen molar-refractivity contribution in [2.45, 2.75) is 0 Å². The standard InChI is InChI=1S/C11H14N4O3S2/c1-18-10-6-8(14-11(19-2)13-7-12)4-5-9(10)15-20(3,16)17/h4-6,15H,1-3H3,(H,13,14). The highest BCUT2D eigenvalue weighted by atomic mass is 32.2. The summed E-state index contributed by atoms with van der Waals surface area (Å²) in [5, 5.41) is 11.4. The first kappa shape index (κ1) is 16.1. The smallest absolute Gasteiger partial charge is 0.229 e. The van der Waals surface area contributed by atoms with Crippen LogP contribution in [-0.2, 0) is 10.0 Å². The van der Waals surface area contributed by atoms with Crippen molar-refractivity contribution in [2.24, 2.45) is 4.99 Å². The zero-order valence-electron chi connectivity index (χ0n) is 11.2. The Morgan fingerprint density at radius 1 is 1.50 bits per heavy atom. The van der Waals surface area contributed by atoms with Crippen molar-refractivity contribution in [1.29, 1.82) is 5.26 Å². The van der Waals surface area contributed by atoms with Gasteiger partial charge in [0.1, 0.15) is 5.75 Å². The Kier molecular flexibility index (Phi) is 5.66. The number of hydrogen-bond acceptors (Lipinski definition) is 6. The van der Waals surface area contributed by atoms with Gasteiger partial charge in [-0.3, -0.25) is 10.0 Å². The van der Waals surface area contributed by atoms with E-state index in [1.807, 2.05) is 0 Å².